The normalized spacial score (nSPS) is 21.4. The van der Waals surface area contributed by atoms with Gasteiger partial charge in [-0.3, -0.25) is 0 Å². The maximum Gasteiger partial charge on any atom is 0.360 e. The summed E-state index contributed by atoms with van der Waals surface area (Å²) in [5, 5.41) is 11.1. The van der Waals surface area contributed by atoms with Crippen LogP contribution >= 0.6 is 0 Å². The minimum Gasteiger partial charge on any atom is -0.464 e. The lowest BCUT2D eigenvalue weighted by Crippen LogP contribution is -2.15. The first-order valence-electron chi connectivity index (χ1n) is 5.52. The largest absolute Gasteiger partial charge is 0.464 e. The molecule has 1 unspecified atom stereocenters. The van der Waals surface area contributed by atoms with Crippen LogP contribution in [-0.4, -0.2) is 41.2 Å². The van der Waals surface area contributed by atoms with Crippen LogP contribution in [-0.2, 0) is 4.74 Å². The van der Waals surface area contributed by atoms with Gasteiger partial charge >= 0.3 is 5.97 Å². The van der Waals surface area contributed by atoms with Gasteiger partial charge in [0.15, 0.2) is 5.69 Å². The molecule has 1 aliphatic heterocycles. The second-order valence-electron chi connectivity index (χ2n) is 3.91. The first kappa shape index (κ1) is 11.1. The van der Waals surface area contributed by atoms with Gasteiger partial charge in [0.1, 0.15) is 0 Å². The number of hydrogen-bond acceptors (Lipinski definition) is 5. The van der Waals surface area contributed by atoms with Crippen LogP contribution in [0.5, 0.6) is 0 Å². The second kappa shape index (κ2) is 5.07. The zero-order chi connectivity index (χ0) is 11.4. The highest BCUT2D eigenvalue weighted by atomic mass is 16.5. The number of methoxy groups -OCH3 is 1. The third-order valence-corrected chi connectivity index (χ3v) is 2.82. The van der Waals surface area contributed by atoms with Gasteiger partial charge in [-0.15, -0.1) is 5.10 Å². The van der Waals surface area contributed by atoms with E-state index in [0.29, 0.717) is 6.04 Å². The van der Waals surface area contributed by atoms with Gasteiger partial charge in [-0.2, -0.15) is 0 Å². The summed E-state index contributed by atoms with van der Waals surface area (Å²) in [4.78, 5) is 11.2. The second-order valence-corrected chi connectivity index (χ2v) is 3.91. The molecule has 0 amide bonds. The molecule has 2 heterocycles. The Balaban J connectivity index is 2.08. The van der Waals surface area contributed by atoms with Crippen molar-refractivity contribution in [3.63, 3.8) is 0 Å². The van der Waals surface area contributed by atoms with Crippen molar-refractivity contribution in [1.29, 1.82) is 0 Å². The lowest BCUT2D eigenvalue weighted by molar-refractivity contribution is 0.0594. The molecular formula is C10H16N4O2. The van der Waals surface area contributed by atoms with Crippen molar-refractivity contribution in [2.45, 2.75) is 25.3 Å². The molecule has 1 fully saturated rings. The molecule has 1 saturated heterocycles. The van der Waals surface area contributed by atoms with Gasteiger partial charge in [-0.05, 0) is 32.4 Å². The summed E-state index contributed by atoms with van der Waals surface area (Å²) in [6, 6.07) is 0.334. The van der Waals surface area contributed by atoms with E-state index in [1.54, 1.807) is 10.9 Å². The Morgan fingerprint density at radius 2 is 2.44 bits per heavy atom. The predicted octanol–water partition coefficient (Wildman–Crippen LogP) is 0.379. The zero-order valence-corrected chi connectivity index (χ0v) is 9.35. The number of esters is 1. The van der Waals surface area contributed by atoms with Gasteiger partial charge in [0, 0.05) is 0 Å². The molecular weight excluding hydrogens is 208 g/mol. The van der Waals surface area contributed by atoms with Crippen LogP contribution in [0, 0.1) is 0 Å². The van der Waals surface area contributed by atoms with Gasteiger partial charge in [0.2, 0.25) is 0 Å². The molecule has 0 radical (unpaired) electrons. The number of carbonyl (C=O) groups is 1. The highest BCUT2D eigenvalue weighted by Gasteiger charge is 2.17. The van der Waals surface area contributed by atoms with Gasteiger partial charge < -0.3 is 10.1 Å². The SMILES string of the molecule is COC(=O)c1cn(C2CCCNCC2)nn1. The number of carbonyl (C=O) groups excluding carboxylic acids is 1. The third-order valence-electron chi connectivity index (χ3n) is 2.82. The Morgan fingerprint density at radius 3 is 3.25 bits per heavy atom. The summed E-state index contributed by atoms with van der Waals surface area (Å²) in [6.45, 7) is 2.03. The highest BCUT2D eigenvalue weighted by molar-refractivity contribution is 5.86. The predicted molar refractivity (Wildman–Crippen MR) is 57.1 cm³/mol. The van der Waals surface area contributed by atoms with Crippen LogP contribution in [0.15, 0.2) is 6.20 Å². The average Bonchev–Trinajstić information content (AvgIpc) is 2.64. The molecule has 0 spiro atoms. The Hall–Kier alpha value is -1.43. The van der Waals surface area contributed by atoms with Crippen molar-refractivity contribution < 1.29 is 9.53 Å². The Bertz CT molecular complexity index is 355. The van der Waals surface area contributed by atoms with Crippen molar-refractivity contribution in [2.75, 3.05) is 20.2 Å². The molecule has 16 heavy (non-hydrogen) atoms. The van der Waals surface area contributed by atoms with Crippen molar-refractivity contribution in [1.82, 2.24) is 20.3 Å². The molecule has 2 rings (SSSR count). The lowest BCUT2D eigenvalue weighted by atomic mass is 10.1. The maximum atomic E-state index is 11.2. The van der Waals surface area contributed by atoms with E-state index in [4.69, 9.17) is 0 Å². The van der Waals surface area contributed by atoms with Crippen LogP contribution in [0.1, 0.15) is 35.8 Å². The summed E-state index contributed by atoms with van der Waals surface area (Å²) >= 11 is 0. The Morgan fingerprint density at radius 1 is 1.56 bits per heavy atom. The topological polar surface area (TPSA) is 69.0 Å². The molecule has 6 nitrogen and oxygen atoms in total. The van der Waals surface area contributed by atoms with Gasteiger partial charge in [-0.25, -0.2) is 9.48 Å². The molecule has 1 N–H and O–H groups in total. The van der Waals surface area contributed by atoms with E-state index in [9.17, 15) is 4.79 Å². The molecule has 88 valence electrons. The van der Waals surface area contributed by atoms with Crippen LogP contribution in [0.3, 0.4) is 0 Å². The fraction of sp³-hybridized carbons (Fsp3) is 0.700. The molecule has 0 aliphatic carbocycles. The molecule has 1 aliphatic rings. The zero-order valence-electron chi connectivity index (χ0n) is 9.35. The molecule has 0 bridgehead atoms. The van der Waals surface area contributed by atoms with Crippen molar-refractivity contribution in [3.8, 4) is 0 Å². The summed E-state index contributed by atoms with van der Waals surface area (Å²) in [5.74, 6) is -0.432. The highest BCUT2D eigenvalue weighted by Crippen LogP contribution is 2.18. The summed E-state index contributed by atoms with van der Waals surface area (Å²) in [7, 11) is 1.34. The van der Waals surface area contributed by atoms with E-state index in [-0.39, 0.29) is 5.69 Å². The third kappa shape index (κ3) is 2.38. The van der Waals surface area contributed by atoms with Crippen LogP contribution in [0.25, 0.3) is 0 Å². The molecule has 6 heteroatoms. The number of nitrogens with one attached hydrogen (secondary N) is 1. The Kier molecular flexibility index (Phi) is 3.51. The smallest absolute Gasteiger partial charge is 0.360 e. The molecule has 1 aromatic heterocycles. The minimum atomic E-state index is -0.432. The average molecular weight is 224 g/mol. The van der Waals surface area contributed by atoms with Gasteiger partial charge in [0.25, 0.3) is 0 Å². The molecule has 0 saturated carbocycles. The lowest BCUT2D eigenvalue weighted by Gasteiger charge is -2.12. The first-order chi connectivity index (χ1) is 7.81. The van der Waals surface area contributed by atoms with Crippen molar-refractivity contribution in [2.24, 2.45) is 0 Å². The van der Waals surface area contributed by atoms with E-state index < -0.39 is 5.97 Å². The summed E-state index contributed by atoms with van der Waals surface area (Å²) < 4.78 is 6.37. The van der Waals surface area contributed by atoms with E-state index in [1.807, 2.05) is 0 Å². The van der Waals surface area contributed by atoms with Crippen LogP contribution in [0.4, 0.5) is 0 Å². The molecule has 0 aromatic carbocycles. The number of aromatic nitrogens is 3. The summed E-state index contributed by atoms with van der Waals surface area (Å²) in [6.07, 6.45) is 4.88. The fourth-order valence-corrected chi connectivity index (χ4v) is 1.92. The number of hydrogen-bond donors (Lipinski definition) is 1. The van der Waals surface area contributed by atoms with E-state index >= 15 is 0 Å². The van der Waals surface area contributed by atoms with Crippen LogP contribution in [0.2, 0.25) is 0 Å². The number of rotatable bonds is 2. The minimum absolute atomic E-state index is 0.278. The maximum absolute atomic E-state index is 11.2. The number of ether oxygens (including phenoxy) is 1. The molecule has 1 aromatic rings. The molecule has 1 atom stereocenters. The van der Waals surface area contributed by atoms with Gasteiger partial charge in [0.05, 0.1) is 19.3 Å². The standard InChI is InChI=1S/C10H16N4O2/c1-16-10(15)9-7-14(13-12-9)8-3-2-5-11-6-4-8/h7-8,11H,2-6H2,1H3. The Labute approximate surface area is 94.0 Å². The monoisotopic (exact) mass is 224 g/mol. The van der Waals surface area contributed by atoms with E-state index in [0.717, 1.165) is 32.4 Å². The van der Waals surface area contributed by atoms with Crippen LogP contribution < -0.4 is 5.32 Å². The van der Waals surface area contributed by atoms with Crippen molar-refractivity contribution >= 4 is 5.97 Å². The number of nitrogens with zero attached hydrogens (tertiary/aromatic N) is 3. The van der Waals surface area contributed by atoms with Gasteiger partial charge in [-0.1, -0.05) is 5.21 Å². The summed E-state index contributed by atoms with van der Waals surface area (Å²) in [5.41, 5.74) is 0.278. The fourth-order valence-electron chi connectivity index (χ4n) is 1.92. The van der Waals surface area contributed by atoms with E-state index in [1.165, 1.54) is 7.11 Å². The quantitative estimate of drug-likeness (QED) is 0.735. The van der Waals surface area contributed by atoms with Crippen molar-refractivity contribution in [3.05, 3.63) is 11.9 Å². The first-order valence-corrected chi connectivity index (χ1v) is 5.52. The van der Waals surface area contributed by atoms with E-state index in [2.05, 4.69) is 20.4 Å².